The van der Waals surface area contributed by atoms with Crippen LogP contribution in [0.2, 0.25) is 0 Å². The second kappa shape index (κ2) is 5.14. The van der Waals surface area contributed by atoms with Gasteiger partial charge in [-0.1, -0.05) is 0 Å². The van der Waals surface area contributed by atoms with Crippen molar-refractivity contribution in [2.75, 3.05) is 11.4 Å². The minimum atomic E-state index is -0.983. The van der Waals surface area contributed by atoms with Gasteiger partial charge in [0.1, 0.15) is 5.69 Å². The van der Waals surface area contributed by atoms with Crippen LogP contribution in [-0.4, -0.2) is 34.3 Å². The lowest BCUT2D eigenvalue weighted by Gasteiger charge is -2.16. The predicted octanol–water partition coefficient (Wildman–Crippen LogP) is 2.12. The number of nitrogens with zero attached hydrogens (tertiary/aromatic N) is 1. The number of amides is 1. The van der Waals surface area contributed by atoms with Crippen molar-refractivity contribution >= 4 is 23.3 Å². The van der Waals surface area contributed by atoms with E-state index >= 15 is 0 Å². The first-order chi connectivity index (χ1) is 10.5. The number of nitrogens with one attached hydrogen (secondary N) is 1. The van der Waals surface area contributed by atoms with Gasteiger partial charge in [-0.2, -0.15) is 0 Å². The highest BCUT2D eigenvalue weighted by molar-refractivity contribution is 6.08. The van der Waals surface area contributed by atoms with Gasteiger partial charge in [-0.15, -0.1) is 0 Å². The lowest BCUT2D eigenvalue weighted by Crippen LogP contribution is -2.29. The highest BCUT2D eigenvalue weighted by Crippen LogP contribution is 2.30. The maximum atomic E-state index is 12.5. The Kier molecular flexibility index (Phi) is 3.29. The molecule has 6 nitrogen and oxygen atoms in total. The third kappa shape index (κ3) is 2.28. The van der Waals surface area contributed by atoms with Crippen LogP contribution in [0.4, 0.5) is 5.69 Å². The van der Waals surface area contributed by atoms with Gasteiger partial charge < -0.3 is 15.0 Å². The number of aromatic nitrogens is 1. The van der Waals surface area contributed by atoms with E-state index in [9.17, 15) is 14.4 Å². The molecular formula is C16H14N2O4. The summed E-state index contributed by atoms with van der Waals surface area (Å²) in [5.74, 6) is -1.32. The van der Waals surface area contributed by atoms with E-state index in [2.05, 4.69) is 4.98 Å². The maximum absolute atomic E-state index is 12.5. The summed E-state index contributed by atoms with van der Waals surface area (Å²) in [6, 6.07) is 6.27. The fourth-order valence-corrected chi connectivity index (χ4v) is 2.61. The molecule has 2 N–H and O–H groups in total. The molecule has 0 bridgehead atoms. The number of aromatic amines is 1. The average molecular weight is 298 g/mol. The number of ketones is 1. The summed E-state index contributed by atoms with van der Waals surface area (Å²) in [5.41, 5.74) is 2.58. The predicted molar refractivity (Wildman–Crippen MR) is 79.6 cm³/mol. The van der Waals surface area contributed by atoms with Crippen molar-refractivity contribution in [2.45, 2.75) is 13.3 Å². The Balaban J connectivity index is 1.90. The number of aromatic carboxylic acids is 1. The number of benzene rings is 1. The fourth-order valence-electron chi connectivity index (χ4n) is 2.61. The van der Waals surface area contributed by atoms with Crippen molar-refractivity contribution in [3.8, 4) is 0 Å². The van der Waals surface area contributed by atoms with Gasteiger partial charge in [-0.3, -0.25) is 9.59 Å². The molecule has 0 radical (unpaired) electrons. The number of carboxylic acid groups (broad SMARTS) is 1. The highest BCUT2D eigenvalue weighted by Gasteiger charge is 2.27. The van der Waals surface area contributed by atoms with Crippen molar-refractivity contribution in [1.29, 1.82) is 0 Å². The number of hydrogen-bond acceptors (Lipinski definition) is 3. The Morgan fingerprint density at radius 1 is 1.18 bits per heavy atom. The Bertz CT molecular complexity index is 791. The first-order valence-electron chi connectivity index (χ1n) is 6.85. The first-order valence-corrected chi connectivity index (χ1v) is 6.85. The highest BCUT2D eigenvalue weighted by atomic mass is 16.4. The molecular weight excluding hydrogens is 284 g/mol. The molecule has 0 aliphatic carbocycles. The second-order valence-electron chi connectivity index (χ2n) is 5.21. The lowest BCUT2D eigenvalue weighted by atomic mass is 10.1. The normalized spacial score (nSPS) is 13.0. The standard InChI is InChI=1S/C16H14N2O4/c1-9(19)12-7-13(17-8-12)15(20)18-5-4-10-6-11(16(21)22)2-3-14(10)18/h2-3,6-8,17H,4-5H2,1H3,(H,21,22). The summed E-state index contributed by atoms with van der Waals surface area (Å²) in [7, 11) is 0. The van der Waals surface area contributed by atoms with E-state index in [0.717, 1.165) is 5.56 Å². The zero-order valence-corrected chi connectivity index (χ0v) is 11.9. The fraction of sp³-hybridized carbons (Fsp3) is 0.188. The van der Waals surface area contributed by atoms with Crippen LogP contribution in [0.5, 0.6) is 0 Å². The number of hydrogen-bond donors (Lipinski definition) is 2. The van der Waals surface area contributed by atoms with Crippen LogP contribution >= 0.6 is 0 Å². The van der Waals surface area contributed by atoms with Gasteiger partial charge in [-0.25, -0.2) is 4.79 Å². The number of rotatable bonds is 3. The molecule has 0 saturated carbocycles. The van der Waals surface area contributed by atoms with Crippen molar-refractivity contribution < 1.29 is 19.5 Å². The van der Waals surface area contributed by atoms with Crippen molar-refractivity contribution in [3.05, 3.63) is 52.8 Å². The summed E-state index contributed by atoms with van der Waals surface area (Å²) in [4.78, 5) is 39.2. The maximum Gasteiger partial charge on any atom is 0.335 e. The number of anilines is 1. The number of carbonyl (C=O) groups is 3. The molecule has 1 aliphatic heterocycles. The molecule has 0 atom stereocenters. The van der Waals surface area contributed by atoms with E-state index in [1.807, 2.05) is 0 Å². The van der Waals surface area contributed by atoms with Gasteiger partial charge in [-0.05, 0) is 43.2 Å². The van der Waals surface area contributed by atoms with Gasteiger partial charge in [0.25, 0.3) is 5.91 Å². The van der Waals surface area contributed by atoms with Gasteiger partial charge >= 0.3 is 5.97 Å². The van der Waals surface area contributed by atoms with Gasteiger partial charge in [0.05, 0.1) is 5.56 Å². The van der Waals surface area contributed by atoms with Gasteiger partial charge in [0, 0.05) is 24.0 Å². The third-order valence-corrected chi connectivity index (χ3v) is 3.79. The Hall–Kier alpha value is -2.89. The monoisotopic (exact) mass is 298 g/mol. The molecule has 112 valence electrons. The average Bonchev–Trinajstić information content (AvgIpc) is 3.13. The van der Waals surface area contributed by atoms with Crippen LogP contribution in [0.25, 0.3) is 0 Å². The molecule has 1 aromatic heterocycles. The lowest BCUT2D eigenvalue weighted by molar-refractivity contribution is 0.0696. The molecule has 1 aliphatic rings. The summed E-state index contributed by atoms with van der Waals surface area (Å²) < 4.78 is 0. The summed E-state index contributed by atoms with van der Waals surface area (Å²) in [6.45, 7) is 1.93. The van der Waals surface area contributed by atoms with Crippen LogP contribution in [0.3, 0.4) is 0 Å². The van der Waals surface area contributed by atoms with E-state index in [1.54, 1.807) is 17.0 Å². The minimum absolute atomic E-state index is 0.108. The molecule has 22 heavy (non-hydrogen) atoms. The summed E-state index contributed by atoms with van der Waals surface area (Å²) >= 11 is 0. The number of H-pyrrole nitrogens is 1. The van der Waals surface area contributed by atoms with Crippen molar-refractivity contribution in [2.24, 2.45) is 0 Å². The van der Waals surface area contributed by atoms with Crippen LogP contribution in [0.15, 0.2) is 30.5 Å². The van der Waals surface area contributed by atoms with Crippen LogP contribution in [-0.2, 0) is 6.42 Å². The number of Topliss-reactive ketones (excluding diaryl/α,β-unsaturated/α-hetero) is 1. The molecule has 1 amide bonds. The largest absolute Gasteiger partial charge is 0.478 e. The molecule has 0 unspecified atom stereocenters. The van der Waals surface area contributed by atoms with Crippen LogP contribution in [0.1, 0.15) is 43.7 Å². The molecule has 0 fully saturated rings. The van der Waals surface area contributed by atoms with Crippen LogP contribution in [0, 0.1) is 0 Å². The SMILES string of the molecule is CC(=O)c1c[nH]c(C(=O)N2CCc3cc(C(=O)O)ccc32)c1. The van der Waals surface area contributed by atoms with E-state index in [1.165, 1.54) is 25.3 Å². The molecule has 3 rings (SSSR count). The topological polar surface area (TPSA) is 90.5 Å². The number of carboxylic acids is 1. The Morgan fingerprint density at radius 3 is 2.59 bits per heavy atom. The van der Waals surface area contributed by atoms with Gasteiger partial charge in [0.2, 0.25) is 0 Å². The van der Waals surface area contributed by atoms with Gasteiger partial charge in [0.15, 0.2) is 5.78 Å². The minimum Gasteiger partial charge on any atom is -0.478 e. The van der Waals surface area contributed by atoms with Crippen molar-refractivity contribution in [3.63, 3.8) is 0 Å². The van der Waals surface area contributed by atoms with E-state index in [-0.39, 0.29) is 17.3 Å². The van der Waals surface area contributed by atoms with Crippen molar-refractivity contribution in [1.82, 2.24) is 4.98 Å². The number of carbonyl (C=O) groups excluding carboxylic acids is 2. The quantitative estimate of drug-likeness (QED) is 0.849. The molecule has 0 saturated heterocycles. The van der Waals surface area contributed by atoms with E-state index in [0.29, 0.717) is 29.9 Å². The molecule has 2 aromatic rings. The molecule has 2 heterocycles. The summed E-state index contributed by atoms with van der Waals surface area (Å²) in [5, 5.41) is 9.01. The van der Waals surface area contributed by atoms with E-state index in [4.69, 9.17) is 5.11 Å². The molecule has 0 spiro atoms. The second-order valence-corrected chi connectivity index (χ2v) is 5.21. The zero-order valence-electron chi connectivity index (χ0n) is 11.9. The zero-order chi connectivity index (χ0) is 15.9. The first kappa shape index (κ1) is 14.1. The smallest absolute Gasteiger partial charge is 0.335 e. The van der Waals surface area contributed by atoms with Crippen LogP contribution < -0.4 is 4.90 Å². The number of fused-ring (bicyclic) bond motifs is 1. The molecule has 6 heteroatoms. The Morgan fingerprint density at radius 2 is 1.95 bits per heavy atom. The summed E-state index contributed by atoms with van der Waals surface area (Å²) in [6.07, 6.45) is 2.13. The van der Waals surface area contributed by atoms with E-state index < -0.39 is 5.97 Å². The third-order valence-electron chi connectivity index (χ3n) is 3.79. The Labute approximate surface area is 126 Å². The molecule has 1 aromatic carbocycles.